The second-order valence-corrected chi connectivity index (χ2v) is 5.84. The molecule has 2 aromatic heterocycles. The molecule has 0 saturated carbocycles. The molecule has 0 spiro atoms. The van der Waals surface area contributed by atoms with E-state index in [2.05, 4.69) is 22.4 Å². The van der Waals surface area contributed by atoms with Gasteiger partial charge in [-0.2, -0.15) is 0 Å². The molecular weight excluding hydrogens is 314 g/mol. The van der Waals surface area contributed by atoms with Gasteiger partial charge < -0.3 is 8.98 Å². The molecule has 4 aromatic rings. The third-order valence-corrected chi connectivity index (χ3v) is 4.17. The number of carbonyl (C=O) groups is 1. The second kappa shape index (κ2) is 6.28. The summed E-state index contributed by atoms with van der Waals surface area (Å²) in [5, 5.41) is 2.92. The second-order valence-electron chi connectivity index (χ2n) is 5.84. The number of nitrogens with one attached hydrogen (secondary N) is 1. The van der Waals surface area contributed by atoms with Crippen LogP contribution in [0.5, 0.6) is 0 Å². The number of hydrogen-bond acceptors (Lipinski definition) is 3. The summed E-state index contributed by atoms with van der Waals surface area (Å²) in [5.74, 6) is 0.884. The Morgan fingerprint density at radius 1 is 1.08 bits per heavy atom. The van der Waals surface area contributed by atoms with Crippen molar-refractivity contribution >= 4 is 22.9 Å². The molecule has 25 heavy (non-hydrogen) atoms. The van der Waals surface area contributed by atoms with Crippen molar-refractivity contribution in [2.24, 2.45) is 0 Å². The Labute approximate surface area is 144 Å². The summed E-state index contributed by atoms with van der Waals surface area (Å²) in [7, 11) is 0. The number of para-hydroxylation sites is 2. The van der Waals surface area contributed by atoms with Crippen molar-refractivity contribution in [2.75, 3.05) is 5.32 Å². The Hall–Kier alpha value is -3.34. The molecule has 2 aromatic carbocycles. The smallest absolute Gasteiger partial charge is 0.261 e. The van der Waals surface area contributed by atoms with Gasteiger partial charge in [-0.1, -0.05) is 42.5 Å². The fourth-order valence-corrected chi connectivity index (χ4v) is 2.89. The fraction of sp³-hybridized carbons (Fsp3) is 0.100. The van der Waals surface area contributed by atoms with Gasteiger partial charge in [-0.3, -0.25) is 10.1 Å². The van der Waals surface area contributed by atoms with Gasteiger partial charge in [0, 0.05) is 0 Å². The van der Waals surface area contributed by atoms with Crippen LogP contribution >= 0.6 is 0 Å². The van der Waals surface area contributed by atoms with Crippen molar-refractivity contribution in [2.45, 2.75) is 13.5 Å². The van der Waals surface area contributed by atoms with Crippen molar-refractivity contribution in [3.8, 4) is 0 Å². The first-order valence-corrected chi connectivity index (χ1v) is 8.07. The minimum absolute atomic E-state index is 0.226. The zero-order valence-corrected chi connectivity index (χ0v) is 13.8. The number of rotatable bonds is 4. The first-order chi connectivity index (χ1) is 12.2. The normalized spacial score (nSPS) is 10.9. The van der Waals surface area contributed by atoms with Crippen LogP contribution in [0.25, 0.3) is 11.0 Å². The van der Waals surface area contributed by atoms with Gasteiger partial charge in [0.15, 0.2) is 0 Å². The summed E-state index contributed by atoms with van der Waals surface area (Å²) >= 11 is 0. The van der Waals surface area contributed by atoms with E-state index in [9.17, 15) is 4.79 Å². The monoisotopic (exact) mass is 331 g/mol. The Bertz CT molecular complexity index is 1030. The third-order valence-electron chi connectivity index (χ3n) is 4.17. The molecule has 0 bridgehead atoms. The summed E-state index contributed by atoms with van der Waals surface area (Å²) in [6.07, 6.45) is 1.51. The molecule has 0 radical (unpaired) electrons. The average molecular weight is 331 g/mol. The molecule has 0 aliphatic heterocycles. The molecule has 4 rings (SSSR count). The van der Waals surface area contributed by atoms with Crippen molar-refractivity contribution < 1.29 is 9.21 Å². The summed E-state index contributed by atoms with van der Waals surface area (Å²) < 4.78 is 7.23. The summed E-state index contributed by atoms with van der Waals surface area (Å²) in [6, 6.07) is 19.6. The highest BCUT2D eigenvalue weighted by Gasteiger charge is 2.17. The van der Waals surface area contributed by atoms with E-state index in [1.54, 1.807) is 13.0 Å². The van der Waals surface area contributed by atoms with Crippen LogP contribution in [-0.2, 0) is 6.54 Å². The van der Waals surface area contributed by atoms with E-state index in [4.69, 9.17) is 4.42 Å². The molecule has 0 aliphatic carbocycles. The molecule has 124 valence electrons. The van der Waals surface area contributed by atoms with Gasteiger partial charge in [-0.25, -0.2) is 4.98 Å². The molecule has 0 saturated heterocycles. The highest BCUT2D eigenvalue weighted by Crippen LogP contribution is 2.22. The molecule has 5 nitrogen and oxygen atoms in total. The van der Waals surface area contributed by atoms with Crippen LogP contribution in [0, 0.1) is 6.92 Å². The van der Waals surface area contributed by atoms with Crippen LogP contribution < -0.4 is 5.32 Å². The molecule has 0 unspecified atom stereocenters. The van der Waals surface area contributed by atoms with Crippen LogP contribution in [-0.4, -0.2) is 15.5 Å². The maximum atomic E-state index is 12.6. The van der Waals surface area contributed by atoms with Crippen molar-refractivity contribution in [3.05, 3.63) is 83.8 Å². The highest BCUT2D eigenvalue weighted by atomic mass is 16.3. The van der Waals surface area contributed by atoms with Gasteiger partial charge in [-0.15, -0.1) is 0 Å². The molecule has 1 amide bonds. The third kappa shape index (κ3) is 2.92. The number of amides is 1. The SMILES string of the molecule is Cc1occc1C(=O)Nc1nc2ccccc2n1Cc1ccccc1. The van der Waals surface area contributed by atoms with Crippen molar-refractivity contribution in [3.63, 3.8) is 0 Å². The number of anilines is 1. The molecule has 0 atom stereocenters. The lowest BCUT2D eigenvalue weighted by molar-refractivity contribution is 0.102. The largest absolute Gasteiger partial charge is 0.469 e. The number of fused-ring (bicyclic) bond motifs is 1. The maximum Gasteiger partial charge on any atom is 0.261 e. The molecule has 5 heteroatoms. The summed E-state index contributed by atoms with van der Waals surface area (Å²) in [4.78, 5) is 17.1. The average Bonchev–Trinajstić information content (AvgIpc) is 3.20. The lowest BCUT2D eigenvalue weighted by Gasteiger charge is -2.10. The van der Waals surface area contributed by atoms with E-state index in [1.165, 1.54) is 6.26 Å². The zero-order chi connectivity index (χ0) is 17.2. The van der Waals surface area contributed by atoms with Crippen LogP contribution in [0.2, 0.25) is 0 Å². The Balaban J connectivity index is 1.74. The Morgan fingerprint density at radius 3 is 2.60 bits per heavy atom. The number of aromatic nitrogens is 2. The molecule has 0 aliphatic rings. The Kier molecular flexibility index (Phi) is 3.82. The Morgan fingerprint density at radius 2 is 1.84 bits per heavy atom. The number of imidazole rings is 1. The van der Waals surface area contributed by atoms with Crippen molar-refractivity contribution in [1.29, 1.82) is 0 Å². The summed E-state index contributed by atoms with van der Waals surface area (Å²) in [6.45, 7) is 2.39. The minimum Gasteiger partial charge on any atom is -0.469 e. The van der Waals surface area contributed by atoms with Crippen LogP contribution in [0.15, 0.2) is 71.3 Å². The molecular formula is C20H17N3O2. The lowest BCUT2D eigenvalue weighted by Crippen LogP contribution is -2.16. The minimum atomic E-state index is -0.226. The first kappa shape index (κ1) is 15.2. The lowest BCUT2D eigenvalue weighted by atomic mass is 10.2. The first-order valence-electron chi connectivity index (χ1n) is 8.07. The summed E-state index contributed by atoms with van der Waals surface area (Å²) in [5.41, 5.74) is 3.47. The van der Waals surface area contributed by atoms with Crippen LogP contribution in [0.1, 0.15) is 21.7 Å². The number of furan rings is 1. The van der Waals surface area contributed by atoms with Crippen molar-refractivity contribution in [1.82, 2.24) is 9.55 Å². The van der Waals surface area contributed by atoms with E-state index in [-0.39, 0.29) is 5.91 Å². The molecule has 0 fully saturated rings. The predicted molar refractivity (Wildman–Crippen MR) is 96.7 cm³/mol. The van der Waals surface area contributed by atoms with Gasteiger partial charge in [0.1, 0.15) is 5.76 Å². The van der Waals surface area contributed by atoms with Gasteiger partial charge >= 0.3 is 0 Å². The number of benzene rings is 2. The van der Waals surface area contributed by atoms with E-state index in [0.717, 1.165) is 16.6 Å². The van der Waals surface area contributed by atoms with E-state index < -0.39 is 0 Å². The van der Waals surface area contributed by atoms with Gasteiger partial charge in [0.2, 0.25) is 5.95 Å². The van der Waals surface area contributed by atoms with Gasteiger partial charge in [0.05, 0.1) is 29.4 Å². The van der Waals surface area contributed by atoms with E-state index in [1.807, 2.05) is 47.0 Å². The standard InChI is InChI=1S/C20H17N3O2/c1-14-16(11-12-25-14)19(24)22-20-21-17-9-5-6-10-18(17)23(20)13-15-7-3-2-4-8-15/h2-12H,13H2,1H3,(H,21,22,24). The number of nitrogens with zero attached hydrogens (tertiary/aromatic N) is 2. The fourth-order valence-electron chi connectivity index (χ4n) is 2.89. The predicted octanol–water partition coefficient (Wildman–Crippen LogP) is 4.24. The van der Waals surface area contributed by atoms with E-state index >= 15 is 0 Å². The van der Waals surface area contributed by atoms with Gasteiger partial charge in [-0.05, 0) is 30.7 Å². The van der Waals surface area contributed by atoms with Gasteiger partial charge in [0.25, 0.3) is 5.91 Å². The topological polar surface area (TPSA) is 60.1 Å². The van der Waals surface area contributed by atoms with Crippen LogP contribution in [0.4, 0.5) is 5.95 Å². The molecule has 1 N–H and O–H groups in total. The van der Waals surface area contributed by atoms with E-state index in [0.29, 0.717) is 23.8 Å². The zero-order valence-electron chi connectivity index (χ0n) is 13.8. The number of carbonyl (C=O) groups excluding carboxylic acids is 1. The highest BCUT2D eigenvalue weighted by molar-refractivity contribution is 6.04. The number of aryl methyl sites for hydroxylation is 1. The molecule has 2 heterocycles. The maximum absolute atomic E-state index is 12.6. The quantitative estimate of drug-likeness (QED) is 0.608. The number of hydrogen-bond donors (Lipinski definition) is 1. The van der Waals surface area contributed by atoms with Crippen LogP contribution in [0.3, 0.4) is 0 Å².